The molecular formula is C13H13Cl2N3. The molecule has 2 aromatic rings. The van der Waals surface area contributed by atoms with Gasteiger partial charge in [-0.1, -0.05) is 36.5 Å². The lowest BCUT2D eigenvalue weighted by atomic mass is 10.2. The molecule has 1 aromatic heterocycles. The summed E-state index contributed by atoms with van der Waals surface area (Å²) in [5.41, 5.74) is 1.67. The van der Waals surface area contributed by atoms with Gasteiger partial charge in [0.1, 0.15) is 12.4 Å². The van der Waals surface area contributed by atoms with Crippen molar-refractivity contribution >= 4 is 34.2 Å². The third-order valence-corrected chi connectivity index (χ3v) is 3.57. The van der Waals surface area contributed by atoms with Crippen molar-refractivity contribution in [3.63, 3.8) is 0 Å². The highest BCUT2D eigenvalue weighted by Gasteiger charge is 2.12. The molecule has 0 saturated heterocycles. The summed E-state index contributed by atoms with van der Waals surface area (Å²) < 4.78 is 1.91. The van der Waals surface area contributed by atoms with Gasteiger partial charge in [-0.25, -0.2) is 4.98 Å². The maximum Gasteiger partial charge on any atom is 0.111 e. The molecule has 1 heterocycles. The van der Waals surface area contributed by atoms with E-state index in [2.05, 4.69) is 18.0 Å². The Hall–Kier alpha value is -1.24. The zero-order valence-corrected chi connectivity index (χ0v) is 11.6. The van der Waals surface area contributed by atoms with Crippen LogP contribution in [0.4, 0.5) is 0 Å². The molecule has 0 unspecified atom stereocenters. The summed E-state index contributed by atoms with van der Waals surface area (Å²) in [6.07, 6.45) is 3.01. The van der Waals surface area contributed by atoms with Gasteiger partial charge >= 0.3 is 0 Å². The van der Waals surface area contributed by atoms with Crippen LogP contribution in [0.2, 0.25) is 10.0 Å². The van der Waals surface area contributed by atoms with Crippen LogP contribution in [0.25, 0.3) is 11.0 Å². The maximum absolute atomic E-state index is 8.91. The van der Waals surface area contributed by atoms with Crippen molar-refractivity contribution in [3.8, 4) is 6.07 Å². The molecule has 1 aromatic carbocycles. The van der Waals surface area contributed by atoms with Crippen molar-refractivity contribution in [2.24, 2.45) is 0 Å². The fourth-order valence-electron chi connectivity index (χ4n) is 1.94. The molecule has 3 nitrogen and oxygen atoms in total. The Morgan fingerprint density at radius 1 is 1.33 bits per heavy atom. The summed E-state index contributed by atoms with van der Waals surface area (Å²) in [6.45, 7) is 2.42. The van der Waals surface area contributed by atoms with Gasteiger partial charge in [0.15, 0.2) is 0 Å². The van der Waals surface area contributed by atoms with E-state index in [4.69, 9.17) is 28.5 Å². The number of nitrogens with zero attached hydrogens (tertiary/aromatic N) is 3. The molecule has 2 rings (SSSR count). The number of rotatable bonds is 4. The van der Waals surface area contributed by atoms with E-state index in [-0.39, 0.29) is 6.54 Å². The van der Waals surface area contributed by atoms with Gasteiger partial charge in [-0.15, -0.1) is 0 Å². The van der Waals surface area contributed by atoms with E-state index in [0.29, 0.717) is 10.0 Å². The number of unbranched alkanes of at least 4 members (excludes halogenated alkanes) is 1. The number of hydrogen-bond donors (Lipinski definition) is 0. The normalized spacial score (nSPS) is 10.8. The van der Waals surface area contributed by atoms with Crippen molar-refractivity contribution in [2.75, 3.05) is 0 Å². The molecule has 0 radical (unpaired) electrons. The molecule has 0 bridgehead atoms. The molecule has 0 fully saturated rings. The minimum absolute atomic E-state index is 0.285. The fourth-order valence-corrected chi connectivity index (χ4v) is 2.26. The van der Waals surface area contributed by atoms with E-state index in [9.17, 15) is 0 Å². The number of aryl methyl sites for hydroxylation is 1. The standard InChI is InChI=1S/C13H13Cl2N3/c1-2-3-4-13-17-11-7-9(14)10(15)8-12(11)18(13)6-5-16/h7-8H,2-4,6H2,1H3. The maximum atomic E-state index is 8.91. The van der Waals surface area contributed by atoms with Crippen LogP contribution in [0.15, 0.2) is 12.1 Å². The number of imidazole rings is 1. The highest BCUT2D eigenvalue weighted by atomic mass is 35.5. The van der Waals surface area contributed by atoms with E-state index in [1.807, 2.05) is 4.57 Å². The van der Waals surface area contributed by atoms with Crippen LogP contribution in [0.5, 0.6) is 0 Å². The van der Waals surface area contributed by atoms with E-state index in [1.54, 1.807) is 12.1 Å². The first-order chi connectivity index (χ1) is 8.67. The van der Waals surface area contributed by atoms with Gasteiger partial charge < -0.3 is 4.57 Å². The summed E-state index contributed by atoms with van der Waals surface area (Å²) in [7, 11) is 0. The largest absolute Gasteiger partial charge is 0.314 e. The lowest BCUT2D eigenvalue weighted by Gasteiger charge is -2.04. The molecule has 0 spiro atoms. The number of nitriles is 1. The number of hydrogen-bond acceptors (Lipinski definition) is 2. The number of fused-ring (bicyclic) bond motifs is 1. The average Bonchev–Trinajstić information content (AvgIpc) is 2.66. The van der Waals surface area contributed by atoms with Crippen LogP contribution >= 0.6 is 23.2 Å². The first-order valence-electron chi connectivity index (χ1n) is 5.88. The molecule has 0 atom stereocenters. The van der Waals surface area contributed by atoms with E-state index in [0.717, 1.165) is 36.1 Å². The lowest BCUT2D eigenvalue weighted by Crippen LogP contribution is -2.02. The molecule has 0 aliphatic carbocycles. The van der Waals surface area contributed by atoms with E-state index >= 15 is 0 Å². The van der Waals surface area contributed by atoms with Gasteiger partial charge in [0.2, 0.25) is 0 Å². The second kappa shape index (κ2) is 5.60. The summed E-state index contributed by atoms with van der Waals surface area (Å²) in [5.74, 6) is 0.923. The Balaban J connectivity index is 2.56. The fraction of sp³-hybridized carbons (Fsp3) is 0.385. The second-order valence-corrected chi connectivity index (χ2v) is 4.95. The Kier molecular flexibility index (Phi) is 4.11. The van der Waals surface area contributed by atoms with Crippen LogP contribution < -0.4 is 0 Å². The zero-order chi connectivity index (χ0) is 13.1. The predicted octanol–water partition coefficient (Wildman–Crippen LogP) is 4.21. The third kappa shape index (κ3) is 2.45. The van der Waals surface area contributed by atoms with Crippen LogP contribution in [0.1, 0.15) is 25.6 Å². The molecule has 0 amide bonds. The Bertz CT molecular complexity index is 611. The molecule has 0 aliphatic rings. The molecule has 94 valence electrons. The van der Waals surface area contributed by atoms with Gasteiger partial charge in [-0.2, -0.15) is 5.26 Å². The van der Waals surface area contributed by atoms with Gasteiger partial charge in [-0.3, -0.25) is 0 Å². The summed E-state index contributed by atoms with van der Waals surface area (Å²) in [5, 5.41) is 9.90. The molecule has 5 heteroatoms. The topological polar surface area (TPSA) is 41.6 Å². The van der Waals surface area contributed by atoms with Crippen molar-refractivity contribution in [3.05, 3.63) is 28.0 Å². The minimum atomic E-state index is 0.285. The lowest BCUT2D eigenvalue weighted by molar-refractivity contribution is 0.700. The van der Waals surface area contributed by atoms with Gasteiger partial charge in [0.05, 0.1) is 27.1 Å². The smallest absolute Gasteiger partial charge is 0.111 e. The zero-order valence-electron chi connectivity index (χ0n) is 10.1. The van der Waals surface area contributed by atoms with E-state index < -0.39 is 0 Å². The van der Waals surface area contributed by atoms with E-state index in [1.165, 1.54) is 0 Å². The third-order valence-electron chi connectivity index (χ3n) is 2.85. The van der Waals surface area contributed by atoms with Gasteiger partial charge in [0.25, 0.3) is 0 Å². The first-order valence-corrected chi connectivity index (χ1v) is 6.64. The molecule has 0 aliphatic heterocycles. The minimum Gasteiger partial charge on any atom is -0.314 e. The van der Waals surface area contributed by atoms with Crippen molar-refractivity contribution < 1.29 is 0 Å². The Labute approximate surface area is 116 Å². The SMILES string of the molecule is CCCCc1nc2cc(Cl)c(Cl)cc2n1CC#N. The average molecular weight is 282 g/mol. The number of halogens is 2. The Morgan fingerprint density at radius 3 is 2.72 bits per heavy atom. The quantitative estimate of drug-likeness (QED) is 0.842. The molecule has 18 heavy (non-hydrogen) atoms. The highest BCUT2D eigenvalue weighted by Crippen LogP contribution is 2.28. The molecule has 0 N–H and O–H groups in total. The highest BCUT2D eigenvalue weighted by molar-refractivity contribution is 6.42. The predicted molar refractivity (Wildman–Crippen MR) is 74.0 cm³/mol. The summed E-state index contributed by atoms with van der Waals surface area (Å²) >= 11 is 12.0. The monoisotopic (exact) mass is 281 g/mol. The second-order valence-electron chi connectivity index (χ2n) is 4.13. The van der Waals surface area contributed by atoms with Crippen LogP contribution in [-0.4, -0.2) is 9.55 Å². The van der Waals surface area contributed by atoms with Crippen molar-refractivity contribution in [1.82, 2.24) is 9.55 Å². The summed E-state index contributed by atoms with van der Waals surface area (Å²) in [6, 6.07) is 5.69. The van der Waals surface area contributed by atoms with Gasteiger partial charge in [0, 0.05) is 6.42 Å². The van der Waals surface area contributed by atoms with Crippen LogP contribution in [0.3, 0.4) is 0 Å². The molecular weight excluding hydrogens is 269 g/mol. The van der Waals surface area contributed by atoms with Crippen LogP contribution in [-0.2, 0) is 13.0 Å². The number of aromatic nitrogens is 2. The van der Waals surface area contributed by atoms with Crippen molar-refractivity contribution in [1.29, 1.82) is 5.26 Å². The summed E-state index contributed by atoms with van der Waals surface area (Å²) in [4.78, 5) is 4.54. The molecule has 0 saturated carbocycles. The first kappa shape index (κ1) is 13.2. The van der Waals surface area contributed by atoms with Crippen LogP contribution in [0, 0.1) is 11.3 Å². The number of benzene rings is 1. The Morgan fingerprint density at radius 2 is 2.06 bits per heavy atom. The van der Waals surface area contributed by atoms with Gasteiger partial charge in [-0.05, 0) is 18.6 Å². The van der Waals surface area contributed by atoms with Crippen molar-refractivity contribution in [2.45, 2.75) is 32.7 Å².